The molecule has 39 heavy (non-hydrogen) atoms. The molecule has 3 aromatic carbocycles. The molecule has 0 spiro atoms. The van der Waals surface area contributed by atoms with Crippen LogP contribution in [0.5, 0.6) is 0 Å². The largest absolute Gasteiger partial charge is 0.465 e. The van der Waals surface area contributed by atoms with Crippen molar-refractivity contribution in [1.82, 2.24) is 14.8 Å². The summed E-state index contributed by atoms with van der Waals surface area (Å²) < 4.78 is 7.27. The van der Waals surface area contributed by atoms with Crippen LogP contribution < -0.4 is 5.32 Å². The molecular formula is C33H37N3O3. The molecule has 4 aromatic rings. The van der Waals surface area contributed by atoms with Crippen molar-refractivity contribution in [3.63, 3.8) is 0 Å². The molecule has 0 bridgehead atoms. The average molecular weight is 524 g/mol. The maximum absolute atomic E-state index is 13.0. The summed E-state index contributed by atoms with van der Waals surface area (Å²) in [5.74, 6) is 0.0842. The number of nitrogens with one attached hydrogen (secondary N) is 1. The first-order valence-electron chi connectivity index (χ1n) is 13.8. The van der Waals surface area contributed by atoms with E-state index >= 15 is 0 Å². The first-order valence-corrected chi connectivity index (χ1v) is 13.8. The number of benzene rings is 3. The van der Waals surface area contributed by atoms with Crippen LogP contribution in [-0.4, -0.2) is 47.6 Å². The van der Waals surface area contributed by atoms with E-state index in [0.29, 0.717) is 17.0 Å². The van der Waals surface area contributed by atoms with Crippen molar-refractivity contribution >= 4 is 22.8 Å². The van der Waals surface area contributed by atoms with Crippen LogP contribution in [0.4, 0.5) is 0 Å². The fourth-order valence-corrected chi connectivity index (χ4v) is 5.67. The van der Waals surface area contributed by atoms with Crippen molar-refractivity contribution in [3.8, 4) is 5.69 Å². The van der Waals surface area contributed by atoms with Gasteiger partial charge in [0.2, 0.25) is 0 Å². The molecule has 0 radical (unpaired) electrons. The Hall–Kier alpha value is -3.90. The van der Waals surface area contributed by atoms with E-state index in [1.807, 2.05) is 60.7 Å². The van der Waals surface area contributed by atoms with Gasteiger partial charge in [-0.1, -0.05) is 44.2 Å². The number of likely N-dealkylation sites (tertiary alicyclic amines) is 1. The highest BCUT2D eigenvalue weighted by atomic mass is 16.5. The Kier molecular flexibility index (Phi) is 7.84. The van der Waals surface area contributed by atoms with Gasteiger partial charge in [-0.25, -0.2) is 4.79 Å². The Morgan fingerprint density at radius 1 is 1.00 bits per heavy atom. The summed E-state index contributed by atoms with van der Waals surface area (Å²) in [5, 5.41) is 4.32. The van der Waals surface area contributed by atoms with E-state index < -0.39 is 0 Å². The van der Waals surface area contributed by atoms with Crippen LogP contribution in [0.25, 0.3) is 16.6 Å². The highest BCUT2D eigenvalue weighted by Crippen LogP contribution is 2.32. The summed E-state index contributed by atoms with van der Waals surface area (Å²) in [7, 11) is 1.41. The van der Waals surface area contributed by atoms with E-state index in [1.165, 1.54) is 18.2 Å². The summed E-state index contributed by atoms with van der Waals surface area (Å²) in [6.07, 6.45) is 1.98. The molecule has 1 aliphatic rings. The lowest BCUT2D eigenvalue weighted by Gasteiger charge is -2.33. The summed E-state index contributed by atoms with van der Waals surface area (Å²) in [6, 6.07) is 24.1. The number of aromatic nitrogens is 1. The summed E-state index contributed by atoms with van der Waals surface area (Å²) in [5.41, 5.74) is 6.97. The van der Waals surface area contributed by atoms with Gasteiger partial charge in [0.15, 0.2) is 0 Å². The number of ether oxygens (including phenoxy) is 1. The zero-order valence-electron chi connectivity index (χ0n) is 23.2. The van der Waals surface area contributed by atoms with Gasteiger partial charge >= 0.3 is 5.97 Å². The Morgan fingerprint density at radius 3 is 2.41 bits per heavy atom. The van der Waals surface area contributed by atoms with Crippen molar-refractivity contribution in [2.24, 2.45) is 0 Å². The number of carbonyl (C=O) groups excluding carboxylic acids is 2. The highest BCUT2D eigenvalue weighted by Gasteiger charge is 2.25. The molecule has 1 fully saturated rings. The van der Waals surface area contributed by atoms with Gasteiger partial charge in [-0.05, 0) is 85.8 Å². The van der Waals surface area contributed by atoms with E-state index in [4.69, 9.17) is 4.74 Å². The van der Waals surface area contributed by atoms with E-state index in [2.05, 4.69) is 47.7 Å². The van der Waals surface area contributed by atoms with Gasteiger partial charge in [0.05, 0.1) is 18.2 Å². The number of rotatable bonds is 7. The van der Waals surface area contributed by atoms with E-state index in [1.54, 1.807) is 0 Å². The number of para-hydroxylation sites is 1. The molecule has 202 valence electrons. The second kappa shape index (κ2) is 11.5. The minimum atomic E-state index is -0.338. The van der Waals surface area contributed by atoms with Crippen molar-refractivity contribution in [1.29, 1.82) is 0 Å². The van der Waals surface area contributed by atoms with Crippen molar-refractivity contribution < 1.29 is 14.3 Å². The molecule has 2 heterocycles. The van der Waals surface area contributed by atoms with Crippen molar-refractivity contribution in [2.45, 2.75) is 52.1 Å². The third-order valence-corrected chi connectivity index (χ3v) is 7.83. The number of piperidine rings is 1. The van der Waals surface area contributed by atoms with Crippen molar-refractivity contribution in [3.05, 3.63) is 101 Å². The first kappa shape index (κ1) is 26.7. The monoisotopic (exact) mass is 523 g/mol. The number of fused-ring (bicyclic) bond motifs is 1. The second-order valence-corrected chi connectivity index (χ2v) is 10.8. The minimum Gasteiger partial charge on any atom is -0.465 e. The Labute approximate surface area is 230 Å². The highest BCUT2D eigenvalue weighted by molar-refractivity contribution is 5.97. The van der Waals surface area contributed by atoms with E-state index in [0.717, 1.165) is 54.8 Å². The topological polar surface area (TPSA) is 63.6 Å². The molecule has 0 aliphatic carbocycles. The molecule has 0 saturated carbocycles. The van der Waals surface area contributed by atoms with Crippen LogP contribution in [0.2, 0.25) is 0 Å². The molecule has 1 aliphatic heterocycles. The molecule has 1 aromatic heterocycles. The smallest absolute Gasteiger partial charge is 0.337 e. The zero-order chi connectivity index (χ0) is 27.5. The fraction of sp³-hybridized carbons (Fsp3) is 0.333. The molecule has 5 rings (SSSR count). The number of carbonyl (C=O) groups is 2. The number of methoxy groups -OCH3 is 1. The molecule has 1 N–H and O–H groups in total. The molecule has 1 saturated heterocycles. The summed E-state index contributed by atoms with van der Waals surface area (Å²) in [4.78, 5) is 27.8. The van der Waals surface area contributed by atoms with Gasteiger partial charge in [-0.15, -0.1) is 0 Å². The van der Waals surface area contributed by atoms with Crippen molar-refractivity contribution in [2.75, 3.05) is 20.2 Å². The summed E-state index contributed by atoms with van der Waals surface area (Å²) >= 11 is 0. The lowest BCUT2D eigenvalue weighted by molar-refractivity contribution is 0.0600. The number of nitrogens with zero attached hydrogens (tertiary/aromatic N) is 2. The normalized spacial score (nSPS) is 16.0. The predicted molar refractivity (Wildman–Crippen MR) is 156 cm³/mol. The fourth-order valence-electron chi connectivity index (χ4n) is 5.67. The van der Waals surface area contributed by atoms with Crippen LogP contribution in [-0.2, 0) is 11.3 Å². The van der Waals surface area contributed by atoms with Gasteiger partial charge < -0.3 is 14.6 Å². The number of hydrogen-bond donors (Lipinski definition) is 1. The Bertz CT molecular complexity index is 1470. The van der Waals surface area contributed by atoms with E-state index in [-0.39, 0.29) is 17.9 Å². The van der Waals surface area contributed by atoms with Gasteiger partial charge in [-0.3, -0.25) is 9.69 Å². The van der Waals surface area contributed by atoms with E-state index in [9.17, 15) is 9.59 Å². The predicted octanol–water partition coefficient (Wildman–Crippen LogP) is 6.24. The molecule has 1 unspecified atom stereocenters. The van der Waals surface area contributed by atoms with Gasteiger partial charge in [-0.2, -0.15) is 0 Å². The molecule has 1 amide bonds. The minimum absolute atomic E-state index is 0.0169. The number of hydrogen-bond acceptors (Lipinski definition) is 4. The van der Waals surface area contributed by atoms with Crippen LogP contribution in [0.1, 0.15) is 70.1 Å². The maximum atomic E-state index is 13.0. The summed E-state index contributed by atoms with van der Waals surface area (Å²) in [6.45, 7) is 8.93. The molecule has 6 nitrogen and oxygen atoms in total. The zero-order valence-corrected chi connectivity index (χ0v) is 23.2. The Balaban J connectivity index is 1.39. The number of esters is 1. The molecule has 1 atom stereocenters. The SMILES string of the molecule is COC(=O)c1ccc2c(c1)c(CN1CCCC(NC(=O)c3ccc(C(C)C)cc3)C1)c(C)n2-c1ccccc1. The Morgan fingerprint density at radius 2 is 1.72 bits per heavy atom. The third-order valence-electron chi connectivity index (χ3n) is 7.83. The second-order valence-electron chi connectivity index (χ2n) is 10.8. The standard InChI is InChI=1S/C33H37N3O3/c1-22(2)24-12-14-25(15-13-24)32(37)34-27-9-8-18-35(20-27)21-30-23(3)36(28-10-6-5-7-11-28)31-17-16-26(19-29(30)31)33(38)39-4/h5-7,10-17,19,22,27H,8-9,18,20-21H2,1-4H3,(H,34,37). The van der Waals surface area contributed by atoms with Crippen LogP contribution in [0, 0.1) is 6.92 Å². The number of amides is 1. The quantitative estimate of drug-likeness (QED) is 0.291. The molecular weight excluding hydrogens is 486 g/mol. The van der Waals surface area contributed by atoms with Crippen LogP contribution in [0.15, 0.2) is 72.8 Å². The van der Waals surface area contributed by atoms with Gasteiger partial charge in [0.1, 0.15) is 0 Å². The third kappa shape index (κ3) is 5.62. The average Bonchev–Trinajstić information content (AvgIpc) is 3.23. The maximum Gasteiger partial charge on any atom is 0.337 e. The van der Waals surface area contributed by atoms with Crippen LogP contribution >= 0.6 is 0 Å². The van der Waals surface area contributed by atoms with Gasteiger partial charge in [0.25, 0.3) is 5.91 Å². The lowest BCUT2D eigenvalue weighted by Crippen LogP contribution is -2.47. The van der Waals surface area contributed by atoms with Crippen LogP contribution in [0.3, 0.4) is 0 Å². The lowest BCUT2D eigenvalue weighted by atomic mass is 10.0. The first-order chi connectivity index (χ1) is 18.9. The molecule has 6 heteroatoms. The van der Waals surface area contributed by atoms with Gasteiger partial charge in [0, 0.05) is 41.5 Å².